The van der Waals surface area contributed by atoms with Crippen molar-refractivity contribution in [2.75, 3.05) is 13.7 Å². The van der Waals surface area contributed by atoms with E-state index in [-0.39, 0.29) is 11.9 Å². The maximum absolute atomic E-state index is 13.4. The van der Waals surface area contributed by atoms with Gasteiger partial charge >= 0.3 is 5.97 Å². The van der Waals surface area contributed by atoms with Crippen LogP contribution in [0.2, 0.25) is 0 Å². The Bertz CT molecular complexity index is 478. The minimum atomic E-state index is -0.820. The highest BCUT2D eigenvalue weighted by Gasteiger charge is 2.35. The van der Waals surface area contributed by atoms with Crippen LogP contribution in [0, 0.1) is 5.82 Å². The molecular formula is C14H18FNO3. The first-order chi connectivity index (χ1) is 9.04. The molecule has 1 N–H and O–H groups in total. The van der Waals surface area contributed by atoms with E-state index in [0.29, 0.717) is 24.3 Å². The summed E-state index contributed by atoms with van der Waals surface area (Å²) in [4.78, 5) is 13.1. The molecule has 1 aliphatic heterocycles. The number of carboxylic acid groups (broad SMARTS) is 1. The number of aliphatic carboxylic acids is 1. The molecular weight excluding hydrogens is 249 g/mol. The summed E-state index contributed by atoms with van der Waals surface area (Å²) in [6.07, 6.45) is 1.48. The molecule has 1 aromatic rings. The van der Waals surface area contributed by atoms with Crippen LogP contribution in [0.4, 0.5) is 4.39 Å². The lowest BCUT2D eigenvalue weighted by Crippen LogP contribution is -2.37. The number of methoxy groups -OCH3 is 1. The van der Waals surface area contributed by atoms with Gasteiger partial charge in [-0.05, 0) is 44.5 Å². The summed E-state index contributed by atoms with van der Waals surface area (Å²) in [7, 11) is 1.53. The van der Waals surface area contributed by atoms with Gasteiger partial charge in [-0.15, -0.1) is 0 Å². The second-order valence-corrected chi connectivity index (χ2v) is 4.80. The van der Waals surface area contributed by atoms with Gasteiger partial charge in [-0.25, -0.2) is 4.39 Å². The summed E-state index contributed by atoms with van der Waals surface area (Å²) < 4.78 is 18.6. The molecule has 2 atom stereocenters. The fourth-order valence-corrected chi connectivity index (χ4v) is 2.73. The van der Waals surface area contributed by atoms with Crippen molar-refractivity contribution in [3.63, 3.8) is 0 Å². The van der Waals surface area contributed by atoms with Gasteiger partial charge in [0.25, 0.3) is 0 Å². The number of rotatable bonds is 4. The lowest BCUT2D eigenvalue weighted by atomic mass is 10.0. The molecule has 1 heterocycles. The molecule has 104 valence electrons. The Kier molecular flexibility index (Phi) is 4.04. The molecule has 1 aromatic carbocycles. The van der Waals surface area contributed by atoms with Crippen molar-refractivity contribution < 1.29 is 19.0 Å². The summed E-state index contributed by atoms with van der Waals surface area (Å²) in [5.41, 5.74) is 0.690. The van der Waals surface area contributed by atoms with E-state index in [9.17, 15) is 14.3 Å². The SMILES string of the molecule is COc1ccc(F)cc1C(C)N1CCC[C@H]1C(=O)O. The van der Waals surface area contributed by atoms with Crippen molar-refractivity contribution in [3.05, 3.63) is 29.6 Å². The van der Waals surface area contributed by atoms with Gasteiger partial charge in [0, 0.05) is 11.6 Å². The molecule has 0 saturated carbocycles. The monoisotopic (exact) mass is 267 g/mol. The van der Waals surface area contributed by atoms with Crippen LogP contribution in [0.3, 0.4) is 0 Å². The van der Waals surface area contributed by atoms with Gasteiger partial charge in [0.2, 0.25) is 0 Å². The Hall–Kier alpha value is -1.62. The van der Waals surface area contributed by atoms with Crippen LogP contribution in [-0.2, 0) is 4.79 Å². The van der Waals surface area contributed by atoms with Gasteiger partial charge in [0.1, 0.15) is 17.6 Å². The third-order valence-corrected chi connectivity index (χ3v) is 3.72. The zero-order chi connectivity index (χ0) is 14.0. The van der Waals surface area contributed by atoms with Crippen LogP contribution in [0.5, 0.6) is 5.75 Å². The molecule has 2 rings (SSSR count). The van der Waals surface area contributed by atoms with Gasteiger partial charge in [0.05, 0.1) is 7.11 Å². The van der Waals surface area contributed by atoms with Crippen LogP contribution in [-0.4, -0.2) is 35.7 Å². The summed E-state index contributed by atoms with van der Waals surface area (Å²) in [5, 5.41) is 9.21. The number of nitrogens with zero attached hydrogens (tertiary/aromatic N) is 1. The minimum absolute atomic E-state index is 0.186. The predicted octanol–water partition coefficient (Wildman–Crippen LogP) is 2.44. The second-order valence-electron chi connectivity index (χ2n) is 4.80. The zero-order valence-electron chi connectivity index (χ0n) is 11.1. The van der Waals surface area contributed by atoms with Crippen molar-refractivity contribution in [1.29, 1.82) is 0 Å². The highest BCUT2D eigenvalue weighted by atomic mass is 19.1. The number of halogens is 1. The summed E-state index contributed by atoms with van der Waals surface area (Å²) in [5.74, 6) is -0.571. The van der Waals surface area contributed by atoms with Crippen LogP contribution in [0.1, 0.15) is 31.4 Å². The van der Waals surface area contributed by atoms with Crippen LogP contribution in [0.15, 0.2) is 18.2 Å². The third-order valence-electron chi connectivity index (χ3n) is 3.72. The Morgan fingerprint density at radius 1 is 1.58 bits per heavy atom. The first kappa shape index (κ1) is 13.8. The van der Waals surface area contributed by atoms with E-state index in [1.807, 2.05) is 11.8 Å². The maximum atomic E-state index is 13.4. The van der Waals surface area contributed by atoms with Gasteiger partial charge < -0.3 is 9.84 Å². The molecule has 5 heteroatoms. The Morgan fingerprint density at radius 3 is 2.95 bits per heavy atom. The average molecular weight is 267 g/mol. The molecule has 0 aliphatic carbocycles. The zero-order valence-corrected chi connectivity index (χ0v) is 11.1. The molecule has 0 amide bonds. The van der Waals surface area contributed by atoms with Gasteiger partial charge in [-0.1, -0.05) is 0 Å². The van der Waals surface area contributed by atoms with Crippen molar-refractivity contribution in [3.8, 4) is 5.75 Å². The largest absolute Gasteiger partial charge is 0.496 e. The molecule has 0 spiro atoms. The second kappa shape index (κ2) is 5.57. The Balaban J connectivity index is 2.30. The van der Waals surface area contributed by atoms with Crippen molar-refractivity contribution in [1.82, 2.24) is 4.90 Å². The van der Waals surface area contributed by atoms with Crippen molar-refractivity contribution >= 4 is 5.97 Å². The van der Waals surface area contributed by atoms with Gasteiger partial charge in [0.15, 0.2) is 0 Å². The molecule has 1 aliphatic rings. The lowest BCUT2D eigenvalue weighted by Gasteiger charge is -2.29. The summed E-state index contributed by atoms with van der Waals surface area (Å²) >= 11 is 0. The topological polar surface area (TPSA) is 49.8 Å². The molecule has 1 fully saturated rings. The molecule has 1 unspecified atom stereocenters. The highest BCUT2D eigenvalue weighted by Crippen LogP contribution is 2.34. The molecule has 0 radical (unpaired) electrons. The number of hydrogen-bond donors (Lipinski definition) is 1. The Morgan fingerprint density at radius 2 is 2.32 bits per heavy atom. The summed E-state index contributed by atoms with van der Waals surface area (Å²) in [6.45, 7) is 2.59. The number of carboxylic acids is 1. The van der Waals surface area contributed by atoms with E-state index in [0.717, 1.165) is 6.42 Å². The standard InChI is InChI=1S/C14H18FNO3/c1-9(16-7-3-4-12(16)14(17)18)11-8-10(15)5-6-13(11)19-2/h5-6,8-9,12H,3-4,7H2,1-2H3,(H,17,18)/t9?,12-/m0/s1. The van der Waals surface area contributed by atoms with E-state index in [2.05, 4.69) is 0 Å². The predicted molar refractivity (Wildman–Crippen MR) is 68.7 cm³/mol. The van der Waals surface area contributed by atoms with Crippen LogP contribution >= 0.6 is 0 Å². The van der Waals surface area contributed by atoms with E-state index in [4.69, 9.17) is 4.74 Å². The van der Waals surface area contributed by atoms with Crippen LogP contribution in [0.25, 0.3) is 0 Å². The van der Waals surface area contributed by atoms with Crippen LogP contribution < -0.4 is 4.74 Å². The van der Waals surface area contributed by atoms with E-state index in [1.165, 1.54) is 19.2 Å². The van der Waals surface area contributed by atoms with Crippen molar-refractivity contribution in [2.45, 2.75) is 31.8 Å². The molecule has 1 saturated heterocycles. The number of benzene rings is 1. The number of likely N-dealkylation sites (tertiary alicyclic amines) is 1. The van der Waals surface area contributed by atoms with Gasteiger partial charge in [-0.3, -0.25) is 9.69 Å². The lowest BCUT2D eigenvalue weighted by molar-refractivity contribution is -0.142. The fourth-order valence-electron chi connectivity index (χ4n) is 2.73. The average Bonchev–Trinajstić information content (AvgIpc) is 2.87. The normalized spacial score (nSPS) is 21.3. The van der Waals surface area contributed by atoms with Crippen molar-refractivity contribution in [2.24, 2.45) is 0 Å². The molecule has 19 heavy (non-hydrogen) atoms. The summed E-state index contributed by atoms with van der Waals surface area (Å²) in [6, 6.07) is 3.65. The molecule has 4 nitrogen and oxygen atoms in total. The third kappa shape index (κ3) is 2.71. The van der Waals surface area contributed by atoms with E-state index >= 15 is 0 Å². The number of ether oxygens (including phenoxy) is 1. The van der Waals surface area contributed by atoms with E-state index in [1.54, 1.807) is 6.07 Å². The fraction of sp³-hybridized carbons (Fsp3) is 0.500. The quantitative estimate of drug-likeness (QED) is 0.910. The molecule has 0 bridgehead atoms. The number of carbonyl (C=O) groups is 1. The van der Waals surface area contributed by atoms with Gasteiger partial charge in [-0.2, -0.15) is 0 Å². The highest BCUT2D eigenvalue weighted by molar-refractivity contribution is 5.74. The first-order valence-corrected chi connectivity index (χ1v) is 6.36. The smallest absolute Gasteiger partial charge is 0.320 e. The number of hydrogen-bond acceptors (Lipinski definition) is 3. The van der Waals surface area contributed by atoms with E-state index < -0.39 is 12.0 Å². The molecule has 0 aromatic heterocycles. The Labute approximate surface area is 111 Å². The minimum Gasteiger partial charge on any atom is -0.496 e. The maximum Gasteiger partial charge on any atom is 0.320 e. The first-order valence-electron chi connectivity index (χ1n) is 6.36.